The zero-order valence-corrected chi connectivity index (χ0v) is 23.0. The Bertz CT molecular complexity index is 1090. The van der Waals surface area contributed by atoms with Gasteiger partial charge in [0.1, 0.15) is 18.4 Å². The van der Waals surface area contributed by atoms with E-state index in [0.717, 1.165) is 13.0 Å². The fourth-order valence-corrected chi connectivity index (χ4v) is 7.43. The van der Waals surface area contributed by atoms with Crippen molar-refractivity contribution in [1.29, 1.82) is 0 Å². The lowest BCUT2D eigenvalue weighted by Gasteiger charge is -2.60. The van der Waals surface area contributed by atoms with Gasteiger partial charge in [0.05, 0.1) is 12.5 Å². The molecule has 4 aliphatic rings. The molecule has 1 radical (unpaired) electrons. The molecule has 0 heterocycles. The van der Waals surface area contributed by atoms with Crippen LogP contribution in [0.2, 0.25) is 0 Å². The molecular weight excluding hydrogens is 518 g/mol. The summed E-state index contributed by atoms with van der Waals surface area (Å²) in [7, 11) is 0. The van der Waals surface area contributed by atoms with Gasteiger partial charge in [0.25, 0.3) is 5.79 Å². The number of carbonyl (C=O) groups excluding carboxylic acids is 3. The molecule has 4 unspecified atom stereocenters. The Hall–Kier alpha value is -2.53. The van der Waals surface area contributed by atoms with Crippen LogP contribution in [0.4, 0.5) is 13.6 Å². The molecule has 0 amide bonds. The largest absolute Gasteiger partial charge is 0.511 e. The van der Waals surface area contributed by atoms with Crippen LogP contribution in [-0.4, -0.2) is 60.1 Å². The highest BCUT2D eigenvalue weighted by Gasteiger charge is 2.69. The molecular formula is C28H37F2O9. The third-order valence-corrected chi connectivity index (χ3v) is 9.43. The summed E-state index contributed by atoms with van der Waals surface area (Å²) >= 11 is 0. The average Bonchev–Trinajstić information content (AvgIpc) is 3.19. The van der Waals surface area contributed by atoms with Gasteiger partial charge in [0.2, 0.25) is 12.1 Å². The van der Waals surface area contributed by atoms with E-state index in [1.807, 2.05) is 6.92 Å². The predicted molar refractivity (Wildman–Crippen MR) is 131 cm³/mol. The summed E-state index contributed by atoms with van der Waals surface area (Å²) in [5.41, 5.74) is -4.21. The maximum Gasteiger partial charge on any atom is 0.511 e. The Morgan fingerprint density at radius 1 is 1.21 bits per heavy atom. The van der Waals surface area contributed by atoms with Crippen LogP contribution >= 0.6 is 0 Å². The zero-order valence-electron chi connectivity index (χ0n) is 23.0. The standard InChI is InChI=1S/C28H37F2O9/c1-6-36-24(34)38-15(2)37-23(33)17-8-7-16-18-11-20(29)19-12-21(32)22(39-27(5,35)14-31)13-26(19,4)28(18,30)10-9-25(16,17)3/h12-13,15-18,20,31H,6-11,14H2,1-5H3/t15?,16?,17-,18?,20-,25-,26-,27?,28+/m0/s1. The number of carbonyl (C=O) groups is 3. The third-order valence-electron chi connectivity index (χ3n) is 9.43. The number of halogens is 2. The summed E-state index contributed by atoms with van der Waals surface area (Å²) in [4.78, 5) is 37.4. The number of rotatable bonds is 7. The van der Waals surface area contributed by atoms with Gasteiger partial charge in [0.15, 0.2) is 5.76 Å². The van der Waals surface area contributed by atoms with Crippen LogP contribution in [0.25, 0.3) is 0 Å². The lowest BCUT2D eigenvalue weighted by Crippen LogP contribution is -2.62. The van der Waals surface area contributed by atoms with Gasteiger partial charge in [-0.15, -0.1) is 0 Å². The highest BCUT2D eigenvalue weighted by molar-refractivity contribution is 6.04. The minimum Gasteiger partial charge on any atom is -0.454 e. The Labute approximate surface area is 226 Å². The average molecular weight is 556 g/mol. The van der Waals surface area contributed by atoms with Crippen LogP contribution in [-0.2, 0) is 33.6 Å². The van der Waals surface area contributed by atoms with Gasteiger partial charge in [-0.05, 0) is 75.0 Å². The minimum atomic E-state index is -2.33. The highest BCUT2D eigenvalue weighted by Crippen LogP contribution is 2.69. The van der Waals surface area contributed by atoms with Crippen LogP contribution in [0.3, 0.4) is 0 Å². The molecule has 0 spiro atoms. The smallest absolute Gasteiger partial charge is 0.454 e. The molecule has 217 valence electrons. The van der Waals surface area contributed by atoms with Gasteiger partial charge in [-0.25, -0.2) is 13.6 Å². The zero-order chi connectivity index (χ0) is 29.0. The fourth-order valence-electron chi connectivity index (χ4n) is 7.43. The van der Waals surface area contributed by atoms with Gasteiger partial charge >= 0.3 is 12.1 Å². The van der Waals surface area contributed by atoms with Gasteiger partial charge in [0, 0.05) is 25.2 Å². The summed E-state index contributed by atoms with van der Waals surface area (Å²) in [6.07, 6.45) is -0.482. The molecule has 0 saturated heterocycles. The van der Waals surface area contributed by atoms with E-state index in [4.69, 9.17) is 18.9 Å². The molecule has 39 heavy (non-hydrogen) atoms. The van der Waals surface area contributed by atoms with E-state index in [9.17, 15) is 24.6 Å². The van der Waals surface area contributed by atoms with Crippen LogP contribution in [0.5, 0.6) is 0 Å². The maximum absolute atomic E-state index is 17.4. The molecule has 0 aromatic rings. The van der Waals surface area contributed by atoms with E-state index in [1.165, 1.54) is 19.9 Å². The topological polar surface area (TPSA) is 128 Å². The van der Waals surface area contributed by atoms with Crippen molar-refractivity contribution in [3.8, 4) is 0 Å². The molecule has 0 aromatic heterocycles. The van der Waals surface area contributed by atoms with Gasteiger partial charge in [-0.2, -0.15) is 5.11 Å². The first-order valence-electron chi connectivity index (χ1n) is 13.5. The van der Waals surface area contributed by atoms with E-state index in [0.29, 0.717) is 19.3 Å². The van der Waals surface area contributed by atoms with Crippen molar-refractivity contribution in [1.82, 2.24) is 0 Å². The van der Waals surface area contributed by atoms with E-state index in [1.54, 1.807) is 6.92 Å². The first kappa shape index (κ1) is 29.5. The minimum absolute atomic E-state index is 0.0118. The SMILES string of the molecule is CCOC(=O)OC(C)OC(=O)[C@@H]1CCC2C3C[C@H](F)C4=CC(=O)C(OC(C)([O])CO)=C[C@]4(C)[C@@]3(F)CC[C@@]21C. The Morgan fingerprint density at radius 2 is 1.90 bits per heavy atom. The highest BCUT2D eigenvalue weighted by atomic mass is 19.1. The second-order valence-corrected chi connectivity index (χ2v) is 11.8. The van der Waals surface area contributed by atoms with Crippen molar-refractivity contribution in [2.75, 3.05) is 13.2 Å². The number of aliphatic hydroxyl groups is 1. The summed E-state index contributed by atoms with van der Waals surface area (Å²) < 4.78 is 53.3. The second kappa shape index (κ2) is 10.1. The van der Waals surface area contributed by atoms with Crippen LogP contribution in [0.1, 0.15) is 66.7 Å². The van der Waals surface area contributed by atoms with Crippen molar-refractivity contribution in [3.05, 3.63) is 23.5 Å². The number of hydrogen-bond acceptors (Lipinski definition) is 8. The Balaban J connectivity index is 1.60. The molecule has 1 N–H and O–H groups in total. The summed E-state index contributed by atoms with van der Waals surface area (Å²) in [5, 5.41) is 21.6. The van der Waals surface area contributed by atoms with E-state index < -0.39 is 76.9 Å². The van der Waals surface area contributed by atoms with Crippen molar-refractivity contribution < 1.29 is 52.3 Å². The van der Waals surface area contributed by atoms with Crippen molar-refractivity contribution in [2.45, 2.75) is 90.6 Å². The Kier molecular flexibility index (Phi) is 7.66. The molecule has 11 heteroatoms. The number of alkyl halides is 2. The lowest BCUT2D eigenvalue weighted by atomic mass is 9.46. The summed E-state index contributed by atoms with van der Waals surface area (Å²) in [6.45, 7) is 6.68. The molecule has 9 atom stereocenters. The van der Waals surface area contributed by atoms with Crippen molar-refractivity contribution in [2.24, 2.45) is 28.6 Å². The van der Waals surface area contributed by atoms with E-state index >= 15 is 8.78 Å². The molecule has 0 aliphatic heterocycles. The molecule has 0 bridgehead atoms. The summed E-state index contributed by atoms with van der Waals surface area (Å²) in [5.74, 6) is -5.78. The van der Waals surface area contributed by atoms with Crippen LogP contribution in [0, 0.1) is 28.6 Å². The number of fused-ring (bicyclic) bond motifs is 5. The lowest BCUT2D eigenvalue weighted by molar-refractivity contribution is -0.226. The number of ether oxygens (including phenoxy) is 4. The molecule has 3 saturated carbocycles. The molecule has 9 nitrogen and oxygen atoms in total. The third kappa shape index (κ3) is 4.85. The maximum atomic E-state index is 17.4. The van der Waals surface area contributed by atoms with Gasteiger partial charge < -0.3 is 24.1 Å². The van der Waals surface area contributed by atoms with E-state index in [-0.39, 0.29) is 30.9 Å². The number of allylic oxidation sites excluding steroid dienone is 3. The molecule has 4 aliphatic carbocycles. The first-order chi connectivity index (χ1) is 18.1. The number of aliphatic hydroxyl groups excluding tert-OH is 1. The van der Waals surface area contributed by atoms with Crippen molar-refractivity contribution in [3.63, 3.8) is 0 Å². The monoisotopic (exact) mass is 555 g/mol. The van der Waals surface area contributed by atoms with Gasteiger partial charge in [-0.1, -0.05) is 6.92 Å². The number of esters is 1. The molecule has 0 aromatic carbocycles. The number of hydrogen-bond donors (Lipinski definition) is 1. The summed E-state index contributed by atoms with van der Waals surface area (Å²) in [6, 6.07) is 0. The predicted octanol–water partition coefficient (Wildman–Crippen LogP) is 4.50. The first-order valence-corrected chi connectivity index (χ1v) is 13.5. The van der Waals surface area contributed by atoms with Gasteiger partial charge in [-0.3, -0.25) is 9.59 Å². The van der Waals surface area contributed by atoms with Crippen molar-refractivity contribution >= 4 is 17.9 Å². The Morgan fingerprint density at radius 3 is 2.54 bits per heavy atom. The second-order valence-electron chi connectivity index (χ2n) is 11.8. The quantitative estimate of drug-likeness (QED) is 0.359. The normalized spacial score (nSPS) is 39.6. The molecule has 3 fully saturated rings. The fraction of sp³-hybridized carbons (Fsp3) is 0.750. The number of ketones is 1. The molecule has 4 rings (SSSR count). The van der Waals surface area contributed by atoms with Crippen LogP contribution in [0.15, 0.2) is 23.5 Å². The van der Waals surface area contributed by atoms with E-state index in [2.05, 4.69) is 0 Å². The van der Waals surface area contributed by atoms with Crippen LogP contribution < -0.4 is 0 Å².